The lowest BCUT2D eigenvalue weighted by Gasteiger charge is -2.37. The molecule has 1 atom stereocenters. The Bertz CT molecular complexity index is 400. The van der Waals surface area contributed by atoms with Crippen molar-refractivity contribution in [3.8, 4) is 0 Å². The molecular formula is C25H51ClN2O. The lowest BCUT2D eigenvalue weighted by atomic mass is 9.83. The highest BCUT2D eigenvalue weighted by molar-refractivity contribution is 5.85. The van der Waals surface area contributed by atoms with Gasteiger partial charge in [0.05, 0.1) is 6.17 Å². The van der Waals surface area contributed by atoms with Crippen LogP contribution in [-0.4, -0.2) is 23.5 Å². The molecule has 1 heterocycles. The molecule has 4 heteroatoms. The van der Waals surface area contributed by atoms with Crippen LogP contribution < -0.4 is 5.73 Å². The lowest BCUT2D eigenvalue weighted by Crippen LogP contribution is -2.51. The minimum absolute atomic E-state index is 0. The average Bonchev–Trinajstić information content (AvgIpc) is 3.10. The van der Waals surface area contributed by atoms with E-state index in [1.54, 1.807) is 0 Å². The number of likely N-dealkylation sites (tertiary alicyclic amines) is 1. The van der Waals surface area contributed by atoms with Crippen molar-refractivity contribution in [2.24, 2.45) is 11.1 Å². The Morgan fingerprint density at radius 1 is 0.828 bits per heavy atom. The molecule has 0 aromatic heterocycles. The molecule has 174 valence electrons. The van der Waals surface area contributed by atoms with Gasteiger partial charge in [-0.15, -0.1) is 12.4 Å². The number of unbranched alkanes of at least 4 members (excludes halogenated alkanes) is 14. The maximum absolute atomic E-state index is 11.9. The van der Waals surface area contributed by atoms with Crippen LogP contribution in [-0.2, 0) is 4.79 Å². The quantitative estimate of drug-likeness (QED) is 0.227. The van der Waals surface area contributed by atoms with Crippen molar-refractivity contribution < 1.29 is 4.79 Å². The summed E-state index contributed by atoms with van der Waals surface area (Å²) in [5.41, 5.74) is 6.44. The third kappa shape index (κ3) is 12.9. The molecule has 0 aromatic rings. The van der Waals surface area contributed by atoms with Crippen LogP contribution in [0.2, 0.25) is 0 Å². The fourth-order valence-electron chi connectivity index (χ4n) is 4.48. The molecule has 29 heavy (non-hydrogen) atoms. The largest absolute Gasteiger partial charge is 0.327 e. The summed E-state index contributed by atoms with van der Waals surface area (Å²) in [4.78, 5) is 13.8. The predicted octanol–water partition coefficient (Wildman–Crippen LogP) is 7.60. The van der Waals surface area contributed by atoms with Gasteiger partial charge in [0, 0.05) is 13.0 Å². The topological polar surface area (TPSA) is 46.3 Å². The number of carbonyl (C=O) groups excluding carboxylic acids is 1. The van der Waals surface area contributed by atoms with Gasteiger partial charge in [-0.3, -0.25) is 4.79 Å². The van der Waals surface area contributed by atoms with Crippen molar-refractivity contribution in [1.82, 2.24) is 4.90 Å². The molecule has 1 aliphatic rings. The highest BCUT2D eigenvalue weighted by atomic mass is 35.5. The van der Waals surface area contributed by atoms with E-state index in [-0.39, 0.29) is 29.9 Å². The maximum Gasteiger partial charge on any atom is 0.223 e. The highest BCUT2D eigenvalue weighted by Crippen LogP contribution is 2.31. The van der Waals surface area contributed by atoms with Gasteiger partial charge < -0.3 is 10.6 Å². The molecule has 1 rings (SSSR count). The second kappa shape index (κ2) is 17.4. The second-order valence-electron chi connectivity index (χ2n) is 9.82. The van der Waals surface area contributed by atoms with Gasteiger partial charge in [-0.2, -0.15) is 0 Å². The first-order valence-electron chi connectivity index (χ1n) is 12.5. The monoisotopic (exact) mass is 430 g/mol. The van der Waals surface area contributed by atoms with Crippen LogP contribution in [0, 0.1) is 5.41 Å². The van der Waals surface area contributed by atoms with Gasteiger partial charge in [0.15, 0.2) is 0 Å². The van der Waals surface area contributed by atoms with E-state index >= 15 is 0 Å². The minimum Gasteiger partial charge on any atom is -0.327 e. The van der Waals surface area contributed by atoms with Crippen molar-refractivity contribution >= 4 is 18.3 Å². The predicted molar refractivity (Wildman–Crippen MR) is 129 cm³/mol. The first kappa shape index (κ1) is 28.7. The summed E-state index contributed by atoms with van der Waals surface area (Å²) in [6, 6.07) is 0. The Balaban J connectivity index is 0.00000784. The number of nitrogens with two attached hydrogens (primary N) is 1. The summed E-state index contributed by atoms with van der Waals surface area (Å²) in [6.07, 6.45) is 23.6. The number of amides is 1. The van der Waals surface area contributed by atoms with E-state index in [1.165, 1.54) is 96.3 Å². The van der Waals surface area contributed by atoms with Crippen molar-refractivity contribution in [3.63, 3.8) is 0 Å². The molecular weight excluding hydrogens is 380 g/mol. The van der Waals surface area contributed by atoms with Gasteiger partial charge in [0.25, 0.3) is 0 Å². The molecule has 1 fully saturated rings. The van der Waals surface area contributed by atoms with E-state index in [1.807, 2.05) is 4.90 Å². The Morgan fingerprint density at radius 3 is 1.62 bits per heavy atom. The molecule has 1 unspecified atom stereocenters. The van der Waals surface area contributed by atoms with Gasteiger partial charge in [-0.25, -0.2) is 0 Å². The molecule has 0 bridgehead atoms. The smallest absolute Gasteiger partial charge is 0.223 e. The molecule has 1 aliphatic heterocycles. The first-order valence-corrected chi connectivity index (χ1v) is 12.5. The average molecular weight is 431 g/mol. The number of halogens is 1. The van der Waals surface area contributed by atoms with E-state index in [2.05, 4.69) is 20.8 Å². The lowest BCUT2D eigenvalue weighted by molar-refractivity contribution is -0.132. The van der Waals surface area contributed by atoms with Crippen LogP contribution >= 0.6 is 12.4 Å². The summed E-state index contributed by atoms with van der Waals surface area (Å²) in [5, 5.41) is 0. The normalized spacial score (nSPS) is 15.6. The SMILES string of the molecule is CCCCCCCCCCCCCCCCCC(C)(C)C(N)N1CCCC1=O.Cl. The Kier molecular flexibility index (Phi) is 17.2. The van der Waals surface area contributed by atoms with Gasteiger partial charge in [-0.1, -0.05) is 117 Å². The standard InChI is InChI=1S/C25H50N2O.ClH/c1-4-5-6-7-8-9-10-11-12-13-14-15-16-17-18-21-25(2,3)24(26)27-22-19-20-23(27)28;/h24H,4-22,26H2,1-3H3;1H. The van der Waals surface area contributed by atoms with E-state index in [0.29, 0.717) is 6.42 Å². The maximum atomic E-state index is 11.9. The molecule has 1 saturated heterocycles. The minimum atomic E-state index is -0.117. The Hall–Kier alpha value is -0.280. The summed E-state index contributed by atoms with van der Waals surface area (Å²) < 4.78 is 0. The zero-order valence-electron chi connectivity index (χ0n) is 19.9. The van der Waals surface area contributed by atoms with Crippen LogP contribution in [0.1, 0.15) is 136 Å². The van der Waals surface area contributed by atoms with Gasteiger partial charge in [0.2, 0.25) is 5.91 Å². The highest BCUT2D eigenvalue weighted by Gasteiger charge is 2.35. The molecule has 0 aromatic carbocycles. The van der Waals surface area contributed by atoms with Crippen molar-refractivity contribution in [2.45, 2.75) is 143 Å². The molecule has 0 aliphatic carbocycles. The number of hydrogen-bond acceptors (Lipinski definition) is 2. The van der Waals surface area contributed by atoms with Gasteiger partial charge in [0.1, 0.15) is 0 Å². The summed E-state index contributed by atoms with van der Waals surface area (Å²) in [5.74, 6) is 0.247. The summed E-state index contributed by atoms with van der Waals surface area (Å²) in [6.45, 7) is 7.59. The molecule has 0 spiro atoms. The first-order chi connectivity index (χ1) is 13.5. The van der Waals surface area contributed by atoms with Crippen molar-refractivity contribution in [2.75, 3.05) is 6.54 Å². The van der Waals surface area contributed by atoms with E-state index < -0.39 is 0 Å². The van der Waals surface area contributed by atoms with Crippen LogP contribution in [0.5, 0.6) is 0 Å². The third-order valence-corrected chi connectivity index (χ3v) is 6.67. The van der Waals surface area contributed by atoms with Gasteiger partial charge >= 0.3 is 0 Å². The van der Waals surface area contributed by atoms with E-state index in [9.17, 15) is 4.79 Å². The molecule has 0 radical (unpaired) electrons. The number of carbonyl (C=O) groups is 1. The fourth-order valence-corrected chi connectivity index (χ4v) is 4.48. The number of rotatable bonds is 18. The van der Waals surface area contributed by atoms with Crippen LogP contribution in [0.4, 0.5) is 0 Å². The number of hydrogen-bond donors (Lipinski definition) is 1. The molecule has 1 amide bonds. The van der Waals surface area contributed by atoms with E-state index in [0.717, 1.165) is 19.4 Å². The van der Waals surface area contributed by atoms with Crippen molar-refractivity contribution in [3.05, 3.63) is 0 Å². The van der Waals surface area contributed by atoms with Crippen LogP contribution in [0.3, 0.4) is 0 Å². The van der Waals surface area contributed by atoms with Crippen LogP contribution in [0.25, 0.3) is 0 Å². The zero-order chi connectivity index (χ0) is 20.7. The Morgan fingerprint density at radius 2 is 1.24 bits per heavy atom. The summed E-state index contributed by atoms with van der Waals surface area (Å²) >= 11 is 0. The van der Waals surface area contributed by atoms with Crippen LogP contribution in [0.15, 0.2) is 0 Å². The number of nitrogens with zero attached hydrogens (tertiary/aromatic N) is 1. The van der Waals surface area contributed by atoms with Gasteiger partial charge in [-0.05, 0) is 18.3 Å². The molecule has 2 N–H and O–H groups in total. The zero-order valence-corrected chi connectivity index (χ0v) is 20.7. The Labute approximate surface area is 188 Å². The van der Waals surface area contributed by atoms with E-state index in [4.69, 9.17) is 5.73 Å². The third-order valence-electron chi connectivity index (χ3n) is 6.67. The van der Waals surface area contributed by atoms with Crippen molar-refractivity contribution in [1.29, 1.82) is 0 Å². The second-order valence-corrected chi connectivity index (χ2v) is 9.82. The molecule has 3 nitrogen and oxygen atoms in total. The fraction of sp³-hybridized carbons (Fsp3) is 0.960. The molecule has 0 saturated carbocycles. The summed E-state index contributed by atoms with van der Waals surface area (Å²) in [7, 11) is 0.